The number of carbonyl (C=O) groups excluding carboxylic acids is 1. The molecule has 0 radical (unpaired) electrons. The highest BCUT2D eigenvalue weighted by atomic mass is 16.4. The van der Waals surface area contributed by atoms with Gasteiger partial charge < -0.3 is 9.32 Å². The van der Waals surface area contributed by atoms with Crippen LogP contribution in [-0.4, -0.2) is 16.3 Å². The molecule has 4 heteroatoms. The van der Waals surface area contributed by atoms with Crippen molar-refractivity contribution in [3.63, 3.8) is 0 Å². The highest BCUT2D eigenvalue weighted by molar-refractivity contribution is 5.48. The summed E-state index contributed by atoms with van der Waals surface area (Å²) in [5.74, 6) is 2.19. The number of hydrogen-bond donors (Lipinski definition) is 0. The molecular weight excluding hydrogens is 276 g/mol. The second kappa shape index (κ2) is 6.77. The summed E-state index contributed by atoms with van der Waals surface area (Å²) < 4.78 is 5.67. The van der Waals surface area contributed by atoms with E-state index in [1.807, 2.05) is 6.07 Å². The lowest BCUT2D eigenvalue weighted by Gasteiger charge is -2.18. The molecule has 1 aliphatic rings. The van der Waals surface area contributed by atoms with Crippen molar-refractivity contribution in [1.82, 2.24) is 9.88 Å². The molecule has 0 aliphatic heterocycles. The minimum atomic E-state index is 0.471. The molecule has 0 saturated heterocycles. The molecule has 22 heavy (non-hydrogen) atoms. The average Bonchev–Trinajstić information content (AvgIpc) is 3.29. The molecule has 116 valence electrons. The summed E-state index contributed by atoms with van der Waals surface area (Å²) >= 11 is 0. The van der Waals surface area contributed by atoms with E-state index in [4.69, 9.17) is 4.42 Å². The number of rotatable bonds is 8. The zero-order chi connectivity index (χ0) is 15.4. The van der Waals surface area contributed by atoms with Gasteiger partial charge in [0.05, 0.1) is 12.7 Å². The number of hydrogen-bond acceptors (Lipinski definition) is 3. The summed E-state index contributed by atoms with van der Waals surface area (Å²) in [5.41, 5.74) is 2.63. The first-order valence-corrected chi connectivity index (χ1v) is 8.01. The molecule has 0 spiro atoms. The van der Waals surface area contributed by atoms with Crippen LogP contribution in [-0.2, 0) is 24.3 Å². The highest BCUT2D eigenvalue weighted by Crippen LogP contribution is 2.41. The molecule has 4 nitrogen and oxygen atoms in total. The van der Waals surface area contributed by atoms with Gasteiger partial charge in [0, 0.05) is 13.0 Å². The lowest BCUT2D eigenvalue weighted by molar-refractivity contribution is -0.119. The Balaban J connectivity index is 1.67. The van der Waals surface area contributed by atoms with Crippen molar-refractivity contribution in [2.45, 2.75) is 51.6 Å². The maximum absolute atomic E-state index is 11.4. The van der Waals surface area contributed by atoms with Crippen LogP contribution < -0.4 is 0 Å². The Morgan fingerprint density at radius 1 is 1.32 bits per heavy atom. The van der Waals surface area contributed by atoms with Crippen LogP contribution in [0.4, 0.5) is 0 Å². The van der Waals surface area contributed by atoms with E-state index in [1.54, 1.807) is 11.1 Å². The van der Waals surface area contributed by atoms with Crippen LogP contribution in [0.5, 0.6) is 0 Å². The molecular formula is C18H22N2O2. The van der Waals surface area contributed by atoms with E-state index < -0.39 is 0 Å². The van der Waals surface area contributed by atoms with Crippen molar-refractivity contribution in [2.75, 3.05) is 0 Å². The topological polar surface area (TPSA) is 46.3 Å². The van der Waals surface area contributed by atoms with Crippen LogP contribution in [0.15, 0.2) is 34.9 Å². The van der Waals surface area contributed by atoms with Gasteiger partial charge in [-0.25, -0.2) is 4.98 Å². The van der Waals surface area contributed by atoms with Gasteiger partial charge in [0.1, 0.15) is 5.76 Å². The minimum absolute atomic E-state index is 0.471. The van der Waals surface area contributed by atoms with E-state index in [0.29, 0.717) is 19.0 Å². The number of oxazole rings is 1. The van der Waals surface area contributed by atoms with Crippen LogP contribution in [0.2, 0.25) is 0 Å². The fourth-order valence-corrected chi connectivity index (χ4v) is 2.77. The van der Waals surface area contributed by atoms with Crippen molar-refractivity contribution < 1.29 is 9.21 Å². The van der Waals surface area contributed by atoms with Crippen LogP contribution in [0, 0.1) is 0 Å². The van der Waals surface area contributed by atoms with Crippen LogP contribution in [0.25, 0.3) is 0 Å². The fraction of sp³-hybridized carbons (Fsp3) is 0.444. The lowest BCUT2D eigenvalue weighted by atomic mass is 10.0. The van der Waals surface area contributed by atoms with Gasteiger partial charge in [0.25, 0.3) is 0 Å². The van der Waals surface area contributed by atoms with Crippen LogP contribution >= 0.6 is 0 Å². The van der Waals surface area contributed by atoms with Gasteiger partial charge in [-0.15, -0.1) is 0 Å². The number of carbonyl (C=O) groups is 1. The monoisotopic (exact) mass is 298 g/mol. The summed E-state index contributed by atoms with van der Waals surface area (Å²) in [6.45, 7) is 3.19. The van der Waals surface area contributed by atoms with Gasteiger partial charge in [0.2, 0.25) is 6.41 Å². The van der Waals surface area contributed by atoms with E-state index in [0.717, 1.165) is 30.9 Å². The third-order valence-electron chi connectivity index (χ3n) is 4.02. The van der Waals surface area contributed by atoms with Gasteiger partial charge in [-0.1, -0.05) is 31.2 Å². The maximum Gasteiger partial charge on any atom is 0.210 e. The molecule has 1 fully saturated rings. The van der Waals surface area contributed by atoms with Crippen LogP contribution in [0.3, 0.4) is 0 Å². The van der Waals surface area contributed by atoms with E-state index in [-0.39, 0.29) is 0 Å². The average molecular weight is 298 g/mol. The Labute approximate surface area is 131 Å². The Bertz CT molecular complexity index is 632. The van der Waals surface area contributed by atoms with E-state index >= 15 is 0 Å². The van der Waals surface area contributed by atoms with Gasteiger partial charge in [-0.05, 0) is 36.3 Å². The Morgan fingerprint density at radius 2 is 2.14 bits per heavy atom. The summed E-state index contributed by atoms with van der Waals surface area (Å²) in [6, 6.07) is 8.42. The normalized spacial score (nSPS) is 14.0. The predicted molar refractivity (Wildman–Crippen MR) is 84.2 cm³/mol. The molecule has 2 aromatic rings. The van der Waals surface area contributed by atoms with Crippen LogP contribution in [0.1, 0.15) is 54.9 Å². The maximum atomic E-state index is 11.4. The summed E-state index contributed by atoms with van der Waals surface area (Å²) in [4.78, 5) is 17.4. The van der Waals surface area contributed by atoms with Crippen molar-refractivity contribution in [1.29, 1.82) is 0 Å². The number of aryl methyl sites for hydroxylation is 1. The fourth-order valence-electron chi connectivity index (χ4n) is 2.77. The third-order valence-corrected chi connectivity index (χ3v) is 4.02. The molecule has 0 bridgehead atoms. The SMILES string of the molecule is CCCc1ncc(CN(C=O)Cc2ccccc2C2CC2)o1. The standard InChI is InChI=1S/C18H22N2O2/c1-2-5-18-19-10-16(22-18)12-20(13-21)11-15-6-3-4-7-17(15)14-8-9-14/h3-4,6-7,10,13-14H,2,5,8-9,11-12H2,1H3. The van der Waals surface area contributed by atoms with Crippen molar-refractivity contribution in [3.8, 4) is 0 Å². The zero-order valence-electron chi connectivity index (χ0n) is 13.0. The highest BCUT2D eigenvalue weighted by Gasteiger charge is 2.26. The quantitative estimate of drug-likeness (QED) is 0.699. The summed E-state index contributed by atoms with van der Waals surface area (Å²) in [6.07, 6.45) is 7.00. The Hall–Kier alpha value is -2.10. The number of amides is 1. The first kappa shape index (κ1) is 14.8. The van der Waals surface area contributed by atoms with Gasteiger partial charge in [-0.3, -0.25) is 4.79 Å². The summed E-state index contributed by atoms with van der Waals surface area (Å²) in [7, 11) is 0. The number of nitrogens with zero attached hydrogens (tertiary/aromatic N) is 2. The molecule has 1 amide bonds. The largest absolute Gasteiger partial charge is 0.444 e. The van der Waals surface area contributed by atoms with Crippen molar-refractivity contribution in [2.24, 2.45) is 0 Å². The number of benzene rings is 1. The minimum Gasteiger partial charge on any atom is -0.444 e. The first-order valence-electron chi connectivity index (χ1n) is 8.01. The van der Waals surface area contributed by atoms with E-state index in [1.165, 1.54) is 24.0 Å². The molecule has 0 N–H and O–H groups in total. The Kier molecular flexibility index (Phi) is 4.56. The molecule has 1 saturated carbocycles. The zero-order valence-corrected chi connectivity index (χ0v) is 13.0. The van der Waals surface area contributed by atoms with Crippen molar-refractivity contribution >= 4 is 6.41 Å². The molecule has 3 rings (SSSR count). The molecule has 1 heterocycles. The summed E-state index contributed by atoms with van der Waals surface area (Å²) in [5, 5.41) is 0. The smallest absolute Gasteiger partial charge is 0.210 e. The predicted octanol–water partition coefficient (Wildman–Crippen LogP) is 3.66. The van der Waals surface area contributed by atoms with Gasteiger partial charge >= 0.3 is 0 Å². The van der Waals surface area contributed by atoms with Gasteiger partial charge in [0.15, 0.2) is 5.89 Å². The first-order chi connectivity index (χ1) is 10.8. The molecule has 1 aliphatic carbocycles. The number of aromatic nitrogens is 1. The molecule has 0 unspecified atom stereocenters. The lowest BCUT2D eigenvalue weighted by Crippen LogP contribution is -2.21. The second-order valence-corrected chi connectivity index (χ2v) is 5.95. The molecule has 0 atom stereocenters. The second-order valence-electron chi connectivity index (χ2n) is 5.95. The van der Waals surface area contributed by atoms with E-state index in [2.05, 4.69) is 30.1 Å². The molecule has 1 aromatic heterocycles. The Morgan fingerprint density at radius 3 is 2.86 bits per heavy atom. The van der Waals surface area contributed by atoms with Gasteiger partial charge in [-0.2, -0.15) is 0 Å². The van der Waals surface area contributed by atoms with Crippen molar-refractivity contribution in [3.05, 3.63) is 53.2 Å². The molecule has 1 aromatic carbocycles. The third kappa shape index (κ3) is 3.56. The van der Waals surface area contributed by atoms with E-state index in [9.17, 15) is 4.79 Å².